The Balaban J connectivity index is 0.000000199. The van der Waals surface area contributed by atoms with Gasteiger partial charge >= 0.3 is 0 Å². The van der Waals surface area contributed by atoms with E-state index in [1.165, 1.54) is 28.8 Å². The summed E-state index contributed by atoms with van der Waals surface area (Å²) in [5.41, 5.74) is 1.10. The van der Waals surface area contributed by atoms with Gasteiger partial charge in [0.05, 0.1) is 0 Å². The van der Waals surface area contributed by atoms with Gasteiger partial charge in [0.25, 0.3) is 0 Å². The van der Waals surface area contributed by atoms with Crippen LogP contribution in [-0.2, 0) is 0 Å². The molecule has 2 heteroatoms. The van der Waals surface area contributed by atoms with Gasteiger partial charge in [-0.1, -0.05) is 135 Å². The third-order valence-electron chi connectivity index (χ3n) is 6.50. The summed E-state index contributed by atoms with van der Waals surface area (Å²) in [6.07, 6.45) is 2.77. The van der Waals surface area contributed by atoms with Crippen LogP contribution in [0.4, 0.5) is 0 Å². The van der Waals surface area contributed by atoms with Crippen molar-refractivity contribution in [2.45, 2.75) is 40.5 Å². The Morgan fingerprint density at radius 1 is 0.633 bits per heavy atom. The Labute approximate surface area is 193 Å². The van der Waals surface area contributed by atoms with Crippen molar-refractivity contribution in [3.63, 3.8) is 0 Å². The van der Waals surface area contributed by atoms with E-state index in [0.717, 1.165) is 11.2 Å². The molecule has 3 aromatic carbocycles. The second-order valence-corrected chi connectivity index (χ2v) is 12.4. The van der Waals surface area contributed by atoms with Crippen molar-refractivity contribution in [2.75, 3.05) is 5.33 Å². The fourth-order valence-corrected chi connectivity index (χ4v) is 8.70. The molecule has 1 aliphatic carbocycles. The molecule has 0 saturated heterocycles. The van der Waals surface area contributed by atoms with Crippen molar-refractivity contribution in [3.05, 3.63) is 91.0 Å². The number of benzene rings is 3. The van der Waals surface area contributed by atoms with Crippen LogP contribution in [0.2, 0.25) is 0 Å². The van der Waals surface area contributed by atoms with Crippen LogP contribution in [0.1, 0.15) is 40.5 Å². The summed E-state index contributed by atoms with van der Waals surface area (Å²) in [4.78, 5) is 0. The molecule has 158 valence electrons. The van der Waals surface area contributed by atoms with Crippen LogP contribution in [0.3, 0.4) is 0 Å². The number of hydrogen-bond donors (Lipinski definition) is 0. The smallest absolute Gasteiger partial charge is 0.00698 e. The number of alkyl halides is 1. The van der Waals surface area contributed by atoms with Crippen LogP contribution in [0.25, 0.3) is 0 Å². The zero-order chi connectivity index (χ0) is 21.6. The van der Waals surface area contributed by atoms with Gasteiger partial charge in [-0.05, 0) is 53.4 Å². The Bertz CT molecular complexity index is 778. The maximum absolute atomic E-state index is 3.63. The average Bonchev–Trinajstić information content (AvgIpc) is 2.98. The first-order chi connectivity index (χ1) is 14.3. The molecule has 1 fully saturated rings. The van der Waals surface area contributed by atoms with E-state index in [-0.39, 0.29) is 0 Å². The Morgan fingerprint density at radius 3 is 1.17 bits per heavy atom. The summed E-state index contributed by atoms with van der Waals surface area (Å²) in [6, 6.07) is 32.3. The monoisotopic (exact) mass is 480 g/mol. The molecule has 0 amide bonds. The van der Waals surface area contributed by atoms with E-state index in [9.17, 15) is 0 Å². The van der Waals surface area contributed by atoms with Gasteiger partial charge in [-0.25, -0.2) is 0 Å². The standard InChI is InChI=1S/C18H15P.C10H19Br/c1-4-10-16(11-5-1)19(17-12-6-2-7-13-17)18-14-8-3-9-15-18;1-9(2)5-6-10(3,4)8(9)7-11/h1-15H;8H,5-7H2,1-4H3. The molecule has 0 spiro atoms. The molecule has 30 heavy (non-hydrogen) atoms. The van der Waals surface area contributed by atoms with Crippen molar-refractivity contribution < 1.29 is 0 Å². The molecule has 0 radical (unpaired) electrons. The quantitative estimate of drug-likeness (QED) is 0.271. The lowest BCUT2D eigenvalue weighted by atomic mass is 9.74. The minimum Gasteiger partial charge on any atom is -0.0925 e. The van der Waals surface area contributed by atoms with E-state index in [4.69, 9.17) is 0 Å². The summed E-state index contributed by atoms with van der Waals surface area (Å²) in [5.74, 6) is 0.843. The van der Waals surface area contributed by atoms with E-state index in [1.54, 1.807) is 0 Å². The number of rotatable bonds is 4. The molecule has 0 N–H and O–H groups in total. The minimum atomic E-state index is -0.446. The summed E-state index contributed by atoms with van der Waals surface area (Å²) >= 11 is 3.63. The SMILES string of the molecule is CC1(C)CCC(C)(C)C1CBr.c1ccc(P(c2ccccc2)c2ccccc2)cc1. The Morgan fingerprint density at radius 2 is 0.933 bits per heavy atom. The van der Waals surface area contributed by atoms with Crippen LogP contribution in [-0.4, -0.2) is 5.33 Å². The molecular formula is C28H34BrP. The van der Waals surface area contributed by atoms with E-state index in [2.05, 4.69) is 135 Å². The van der Waals surface area contributed by atoms with Gasteiger partial charge in [-0.2, -0.15) is 0 Å². The highest BCUT2D eigenvalue weighted by molar-refractivity contribution is 9.09. The highest BCUT2D eigenvalue weighted by Crippen LogP contribution is 2.54. The van der Waals surface area contributed by atoms with Gasteiger partial charge in [0.1, 0.15) is 0 Å². The molecule has 0 aromatic heterocycles. The lowest BCUT2D eigenvalue weighted by Crippen LogP contribution is -2.28. The molecule has 3 aromatic rings. The summed E-state index contributed by atoms with van der Waals surface area (Å²) in [6.45, 7) is 9.59. The molecule has 0 atom stereocenters. The molecule has 1 saturated carbocycles. The second kappa shape index (κ2) is 10.3. The Kier molecular flexibility index (Phi) is 7.94. The topological polar surface area (TPSA) is 0 Å². The van der Waals surface area contributed by atoms with Crippen LogP contribution >= 0.6 is 23.9 Å². The van der Waals surface area contributed by atoms with Gasteiger partial charge in [0, 0.05) is 5.33 Å². The predicted molar refractivity (Wildman–Crippen MR) is 139 cm³/mol. The molecular weight excluding hydrogens is 447 g/mol. The van der Waals surface area contributed by atoms with E-state index < -0.39 is 7.92 Å². The molecule has 0 unspecified atom stereocenters. The lowest BCUT2D eigenvalue weighted by molar-refractivity contribution is 0.185. The van der Waals surface area contributed by atoms with E-state index in [1.807, 2.05) is 0 Å². The zero-order valence-electron chi connectivity index (χ0n) is 18.7. The first kappa shape index (κ1) is 23.2. The molecule has 0 bridgehead atoms. The van der Waals surface area contributed by atoms with E-state index >= 15 is 0 Å². The molecule has 0 nitrogen and oxygen atoms in total. The first-order valence-electron chi connectivity index (χ1n) is 10.9. The number of hydrogen-bond acceptors (Lipinski definition) is 0. The fraction of sp³-hybridized carbons (Fsp3) is 0.357. The first-order valence-corrected chi connectivity index (χ1v) is 13.3. The molecule has 0 heterocycles. The van der Waals surface area contributed by atoms with Gasteiger partial charge in [0.15, 0.2) is 0 Å². The number of halogens is 1. The van der Waals surface area contributed by atoms with E-state index in [0.29, 0.717) is 10.8 Å². The molecule has 4 rings (SSSR count). The minimum absolute atomic E-state index is 0.446. The van der Waals surface area contributed by atoms with Gasteiger partial charge < -0.3 is 0 Å². The summed E-state index contributed by atoms with van der Waals surface area (Å²) in [7, 11) is -0.446. The second-order valence-electron chi connectivity index (χ2n) is 9.53. The third-order valence-corrected chi connectivity index (χ3v) is 9.59. The maximum atomic E-state index is 3.63. The Hall–Kier alpha value is -1.43. The van der Waals surface area contributed by atoms with Crippen LogP contribution in [0.15, 0.2) is 91.0 Å². The van der Waals surface area contributed by atoms with Gasteiger partial charge in [-0.3, -0.25) is 0 Å². The largest absolute Gasteiger partial charge is 0.0925 e. The van der Waals surface area contributed by atoms with Crippen LogP contribution in [0.5, 0.6) is 0 Å². The van der Waals surface area contributed by atoms with Gasteiger partial charge in [-0.15, -0.1) is 0 Å². The maximum Gasteiger partial charge on any atom is 0.00698 e. The molecule has 0 aliphatic heterocycles. The zero-order valence-corrected chi connectivity index (χ0v) is 21.2. The van der Waals surface area contributed by atoms with Crippen LogP contribution in [0, 0.1) is 16.7 Å². The summed E-state index contributed by atoms with van der Waals surface area (Å²) < 4.78 is 0. The normalized spacial score (nSPS) is 17.4. The predicted octanol–water partition coefficient (Wildman–Crippen LogP) is 7.29. The third kappa shape index (κ3) is 5.63. The van der Waals surface area contributed by atoms with Crippen molar-refractivity contribution in [1.82, 2.24) is 0 Å². The van der Waals surface area contributed by atoms with Crippen molar-refractivity contribution in [1.29, 1.82) is 0 Å². The highest BCUT2D eigenvalue weighted by atomic mass is 79.9. The van der Waals surface area contributed by atoms with Crippen molar-refractivity contribution in [3.8, 4) is 0 Å². The van der Waals surface area contributed by atoms with Crippen molar-refractivity contribution in [2.24, 2.45) is 16.7 Å². The van der Waals surface area contributed by atoms with Gasteiger partial charge in [0.2, 0.25) is 0 Å². The van der Waals surface area contributed by atoms with Crippen molar-refractivity contribution >= 4 is 39.8 Å². The van der Waals surface area contributed by atoms with Crippen LogP contribution < -0.4 is 15.9 Å². The summed E-state index contributed by atoms with van der Waals surface area (Å²) in [5, 5.41) is 5.35. The fourth-order valence-electron chi connectivity index (χ4n) is 4.65. The highest BCUT2D eigenvalue weighted by Gasteiger charge is 2.45. The average molecular weight is 481 g/mol. The molecule has 1 aliphatic rings. The lowest BCUT2D eigenvalue weighted by Gasteiger charge is -2.33.